The zero-order valence-corrected chi connectivity index (χ0v) is 17.7. The molecule has 0 aliphatic heterocycles. The molecule has 0 aliphatic rings. The van der Waals surface area contributed by atoms with E-state index >= 15 is 0 Å². The predicted molar refractivity (Wildman–Crippen MR) is 122 cm³/mol. The van der Waals surface area contributed by atoms with Crippen LogP contribution < -0.4 is 0 Å². The van der Waals surface area contributed by atoms with E-state index in [1.807, 2.05) is 128 Å². The molecule has 0 bridgehead atoms. The average Bonchev–Trinajstić information content (AvgIpc) is 2.78. The first-order valence-electron chi connectivity index (χ1n) is 8.91. The first-order chi connectivity index (χ1) is 12.8. The molecule has 0 unspecified atom stereocenters. The van der Waals surface area contributed by atoms with Crippen LogP contribution in [0.4, 0.5) is 0 Å². The SMILES string of the molecule is C.CC.CC.CC.CC.N=C=O.N=C=O.c1ccccc1.c1ccccc1. The van der Waals surface area contributed by atoms with Crippen molar-refractivity contribution >= 4 is 12.2 Å². The van der Waals surface area contributed by atoms with Gasteiger partial charge in [-0.3, -0.25) is 0 Å². The van der Waals surface area contributed by atoms with E-state index in [0.717, 1.165) is 12.2 Å². The molecule has 0 radical (unpaired) electrons. The maximum absolute atomic E-state index is 8.35. The molecule has 0 spiro atoms. The summed E-state index contributed by atoms with van der Waals surface area (Å²) in [5.74, 6) is 0. The number of nitrogens with one attached hydrogen (secondary N) is 2. The van der Waals surface area contributed by atoms with Crippen LogP contribution in [0.3, 0.4) is 0 Å². The summed E-state index contributed by atoms with van der Waals surface area (Å²) in [6.45, 7) is 16.0. The molecule has 2 rings (SSSR count). The molecule has 27 heavy (non-hydrogen) atoms. The van der Waals surface area contributed by atoms with Crippen LogP contribution in [-0.4, -0.2) is 12.2 Å². The fourth-order valence-electron chi connectivity index (χ4n) is 0.770. The third-order valence-electron chi connectivity index (χ3n) is 1.33. The molecule has 2 aromatic carbocycles. The molecule has 0 aliphatic carbocycles. The van der Waals surface area contributed by atoms with Crippen LogP contribution in [-0.2, 0) is 9.59 Å². The standard InChI is InChI=1S/2C6H6.4C2H6.2CHNO.CH4/c2*1-2-4-6-5-3-1;4*1-2;2*2-1-3;/h2*1-6H;4*1-2H3;2*2H;1H4. The van der Waals surface area contributed by atoms with Crippen LogP contribution in [0.25, 0.3) is 0 Å². The average molecular weight is 379 g/mol. The van der Waals surface area contributed by atoms with Crippen LogP contribution in [0.2, 0.25) is 0 Å². The monoisotopic (exact) mass is 378 g/mol. The Morgan fingerprint density at radius 2 is 0.444 bits per heavy atom. The Kier molecular flexibility index (Phi) is 149. The van der Waals surface area contributed by atoms with Gasteiger partial charge in [0.05, 0.1) is 0 Å². The van der Waals surface area contributed by atoms with Gasteiger partial charge in [0.15, 0.2) is 0 Å². The lowest BCUT2D eigenvalue weighted by Gasteiger charge is -1.69. The predicted octanol–water partition coefficient (Wildman–Crippen LogP) is 7.92. The highest BCUT2D eigenvalue weighted by molar-refractivity contribution is 5.26. The van der Waals surface area contributed by atoms with E-state index in [1.54, 1.807) is 0 Å². The minimum atomic E-state index is 0. The first-order valence-corrected chi connectivity index (χ1v) is 8.91. The van der Waals surface area contributed by atoms with Gasteiger partial charge in [-0.2, -0.15) is 0 Å². The van der Waals surface area contributed by atoms with E-state index in [0.29, 0.717) is 0 Å². The van der Waals surface area contributed by atoms with E-state index in [1.165, 1.54) is 0 Å². The second kappa shape index (κ2) is 91.2. The highest BCUT2D eigenvalue weighted by Crippen LogP contribution is 1.80. The number of rotatable bonds is 0. The van der Waals surface area contributed by atoms with Crippen molar-refractivity contribution in [1.82, 2.24) is 0 Å². The van der Waals surface area contributed by atoms with Gasteiger partial charge in [-0.25, -0.2) is 20.4 Å². The molecule has 0 heterocycles. The fraction of sp³-hybridized carbons (Fsp3) is 0.391. The van der Waals surface area contributed by atoms with Crippen molar-refractivity contribution in [2.24, 2.45) is 0 Å². The minimum Gasteiger partial charge on any atom is -0.222 e. The van der Waals surface area contributed by atoms with Crippen molar-refractivity contribution in [3.8, 4) is 0 Å². The summed E-state index contributed by atoms with van der Waals surface area (Å²) in [5, 5.41) is 10.8. The van der Waals surface area contributed by atoms with Crippen molar-refractivity contribution in [3.63, 3.8) is 0 Å². The lowest BCUT2D eigenvalue weighted by atomic mass is 10.4. The quantitative estimate of drug-likeness (QED) is 0.360. The van der Waals surface area contributed by atoms with Gasteiger partial charge >= 0.3 is 0 Å². The Labute approximate surface area is 168 Å². The molecule has 4 heteroatoms. The zero-order valence-electron chi connectivity index (χ0n) is 17.7. The van der Waals surface area contributed by atoms with E-state index in [-0.39, 0.29) is 7.43 Å². The molecular formula is C23H42N2O2. The molecule has 0 atom stereocenters. The number of hydrogen-bond acceptors (Lipinski definition) is 4. The third-order valence-corrected chi connectivity index (χ3v) is 1.33. The summed E-state index contributed by atoms with van der Waals surface area (Å²) in [5.41, 5.74) is 0. The maximum Gasteiger partial charge on any atom is 0.231 e. The van der Waals surface area contributed by atoms with Crippen LogP contribution >= 0.6 is 0 Å². The molecule has 0 fully saturated rings. The molecule has 0 amide bonds. The Morgan fingerprint density at radius 1 is 0.407 bits per heavy atom. The van der Waals surface area contributed by atoms with Gasteiger partial charge in [0.2, 0.25) is 12.2 Å². The smallest absolute Gasteiger partial charge is 0.222 e. The maximum atomic E-state index is 8.35. The molecular weight excluding hydrogens is 336 g/mol. The van der Waals surface area contributed by atoms with Gasteiger partial charge in [-0.05, 0) is 0 Å². The summed E-state index contributed by atoms with van der Waals surface area (Å²) >= 11 is 0. The summed E-state index contributed by atoms with van der Waals surface area (Å²) < 4.78 is 0. The highest BCUT2D eigenvalue weighted by Gasteiger charge is 1.58. The molecule has 2 aromatic rings. The Hall–Kier alpha value is -2.80. The summed E-state index contributed by atoms with van der Waals surface area (Å²) in [4.78, 5) is 16.7. The number of isocyanates is 2. The number of carbonyl (C=O) groups excluding carboxylic acids is 2. The first kappa shape index (κ1) is 44.0. The van der Waals surface area contributed by atoms with E-state index in [2.05, 4.69) is 0 Å². The summed E-state index contributed by atoms with van der Waals surface area (Å²) in [7, 11) is 0. The molecule has 0 saturated heterocycles. The summed E-state index contributed by atoms with van der Waals surface area (Å²) in [6, 6.07) is 24.0. The van der Waals surface area contributed by atoms with Crippen molar-refractivity contribution < 1.29 is 9.59 Å². The van der Waals surface area contributed by atoms with Crippen LogP contribution in [0.5, 0.6) is 0 Å². The third kappa shape index (κ3) is 123. The van der Waals surface area contributed by atoms with Crippen LogP contribution in [0.15, 0.2) is 72.8 Å². The van der Waals surface area contributed by atoms with Crippen molar-refractivity contribution in [3.05, 3.63) is 72.8 Å². The molecule has 156 valence electrons. The Balaban J connectivity index is -0.0000000359. The fourth-order valence-corrected chi connectivity index (χ4v) is 0.770. The normalized spacial score (nSPS) is 5.04. The topological polar surface area (TPSA) is 81.8 Å². The number of benzene rings is 2. The van der Waals surface area contributed by atoms with Crippen molar-refractivity contribution in [2.45, 2.75) is 62.8 Å². The molecule has 0 saturated carbocycles. The highest BCUT2D eigenvalue weighted by atomic mass is 16.1. The minimum absolute atomic E-state index is 0. The van der Waals surface area contributed by atoms with Crippen LogP contribution in [0.1, 0.15) is 62.8 Å². The van der Waals surface area contributed by atoms with Gasteiger partial charge < -0.3 is 0 Å². The second-order valence-corrected chi connectivity index (χ2v) is 2.51. The van der Waals surface area contributed by atoms with E-state index < -0.39 is 0 Å². The van der Waals surface area contributed by atoms with Gasteiger partial charge in [0, 0.05) is 0 Å². The van der Waals surface area contributed by atoms with E-state index in [4.69, 9.17) is 20.4 Å². The summed E-state index contributed by atoms with van der Waals surface area (Å²) in [6.07, 6.45) is 1.50. The largest absolute Gasteiger partial charge is 0.231 e. The lowest BCUT2D eigenvalue weighted by molar-refractivity contribution is 0.562. The van der Waals surface area contributed by atoms with Crippen molar-refractivity contribution in [1.29, 1.82) is 10.8 Å². The van der Waals surface area contributed by atoms with Gasteiger partial charge in [0.25, 0.3) is 0 Å². The second-order valence-electron chi connectivity index (χ2n) is 2.51. The lowest BCUT2D eigenvalue weighted by Crippen LogP contribution is -1.47. The van der Waals surface area contributed by atoms with E-state index in [9.17, 15) is 0 Å². The Bertz CT molecular complexity index is 324. The molecule has 0 aromatic heterocycles. The molecule has 4 nitrogen and oxygen atoms in total. The van der Waals surface area contributed by atoms with Gasteiger partial charge in [-0.15, -0.1) is 0 Å². The zero-order chi connectivity index (χ0) is 21.9. The Morgan fingerprint density at radius 3 is 0.481 bits per heavy atom. The van der Waals surface area contributed by atoms with Gasteiger partial charge in [0.1, 0.15) is 0 Å². The molecule has 2 N–H and O–H groups in total. The van der Waals surface area contributed by atoms with Crippen LogP contribution in [0, 0.1) is 10.8 Å². The number of hydrogen-bond donors (Lipinski definition) is 2. The van der Waals surface area contributed by atoms with Crippen molar-refractivity contribution in [2.75, 3.05) is 0 Å². The van der Waals surface area contributed by atoms with Gasteiger partial charge in [-0.1, -0.05) is 136 Å².